The summed E-state index contributed by atoms with van der Waals surface area (Å²) in [6.45, 7) is 3.31. The van der Waals surface area contributed by atoms with Crippen molar-refractivity contribution in [2.24, 2.45) is 5.11 Å². The number of carbonyl (C=O) groups is 1. The van der Waals surface area contributed by atoms with Gasteiger partial charge in [-0.1, -0.05) is 22.9 Å². The molecule has 0 fully saturated rings. The lowest BCUT2D eigenvalue weighted by atomic mass is 10.2. The Balaban J connectivity index is 2.64. The van der Waals surface area contributed by atoms with Crippen molar-refractivity contribution in [2.75, 3.05) is 6.61 Å². The van der Waals surface area contributed by atoms with Gasteiger partial charge in [0.15, 0.2) is 11.8 Å². The van der Waals surface area contributed by atoms with Crippen molar-refractivity contribution >= 4 is 34.5 Å². The van der Waals surface area contributed by atoms with Crippen LogP contribution in [0.5, 0.6) is 5.75 Å². The number of rotatable bonds is 6. The summed E-state index contributed by atoms with van der Waals surface area (Å²) >= 11 is 1.95. The van der Waals surface area contributed by atoms with Gasteiger partial charge in [-0.2, -0.15) is 0 Å². The fraction of sp³-hybridized carbons (Fsp3) is 0.267. The summed E-state index contributed by atoms with van der Waals surface area (Å²) in [4.78, 5) is 11.4. The van der Waals surface area contributed by atoms with Crippen LogP contribution in [0.2, 0.25) is 0 Å². The summed E-state index contributed by atoms with van der Waals surface area (Å²) in [5, 5.41) is 15.1. The van der Waals surface area contributed by atoms with Gasteiger partial charge < -0.3 is 9.94 Å². The molecule has 6 heteroatoms. The lowest BCUT2D eigenvalue weighted by Crippen LogP contribution is -2.12. The summed E-state index contributed by atoms with van der Waals surface area (Å²) in [6, 6.07) is 6.57. The first kappa shape index (κ1) is 17.2. The number of azo groups is 1. The molecular formula is C15H15IN2O3. The number of ketones is 1. The van der Waals surface area contributed by atoms with Gasteiger partial charge in [0.25, 0.3) is 0 Å². The quantitative estimate of drug-likeness (QED) is 0.243. The first-order valence-corrected chi connectivity index (χ1v) is 7.28. The molecule has 0 N–H and O–H groups in total. The molecule has 0 saturated carbocycles. The number of benzene rings is 1. The van der Waals surface area contributed by atoms with Crippen LogP contribution in [0, 0.1) is 15.1 Å². The number of carbonyl (C=O) groups excluding carboxylic acids is 1. The van der Waals surface area contributed by atoms with Crippen molar-refractivity contribution in [1.82, 2.24) is 0 Å². The molecule has 0 heterocycles. The van der Waals surface area contributed by atoms with Crippen molar-refractivity contribution in [3.63, 3.8) is 0 Å². The molecule has 0 aliphatic rings. The van der Waals surface area contributed by atoms with Gasteiger partial charge >= 0.3 is 0 Å². The smallest absolute Gasteiger partial charge is 0.210 e. The Morgan fingerprint density at radius 1 is 1.52 bits per heavy atom. The number of nitrogens with zero attached hydrogens (tertiary/aromatic N) is 2. The van der Waals surface area contributed by atoms with E-state index in [2.05, 4.69) is 15.0 Å². The summed E-state index contributed by atoms with van der Waals surface area (Å²) in [5.41, 5.74) is 0.828. The van der Waals surface area contributed by atoms with Gasteiger partial charge in [-0.25, -0.2) is 0 Å². The van der Waals surface area contributed by atoms with Gasteiger partial charge in [-0.05, 0) is 40.6 Å². The second-order valence-corrected chi connectivity index (χ2v) is 4.69. The maximum absolute atomic E-state index is 11.4. The minimum Gasteiger partial charge on any atom is -0.595 e. The maximum atomic E-state index is 11.4. The van der Waals surface area contributed by atoms with Crippen molar-refractivity contribution in [2.45, 2.75) is 19.9 Å². The van der Waals surface area contributed by atoms with Crippen molar-refractivity contribution in [1.29, 1.82) is 0 Å². The Morgan fingerprint density at radius 2 is 2.19 bits per heavy atom. The molecule has 1 unspecified atom stereocenters. The van der Waals surface area contributed by atoms with Crippen LogP contribution in [0.3, 0.4) is 0 Å². The third kappa shape index (κ3) is 6.90. The minimum absolute atomic E-state index is 0.152. The molecule has 1 aromatic carbocycles. The summed E-state index contributed by atoms with van der Waals surface area (Å²) in [7, 11) is 0. The highest BCUT2D eigenvalue weighted by molar-refractivity contribution is 14.1. The number of hydroxylamine groups is 1. The molecule has 1 aromatic rings. The van der Waals surface area contributed by atoms with Gasteiger partial charge in [0.05, 0.1) is 0 Å². The van der Waals surface area contributed by atoms with E-state index in [1.165, 1.54) is 13.1 Å². The zero-order chi connectivity index (χ0) is 15.7. The van der Waals surface area contributed by atoms with E-state index in [1.54, 1.807) is 25.1 Å². The van der Waals surface area contributed by atoms with E-state index in [1.807, 2.05) is 34.7 Å². The van der Waals surface area contributed by atoms with E-state index >= 15 is 0 Å². The minimum atomic E-state index is -0.637. The molecule has 0 aromatic heterocycles. The predicted molar refractivity (Wildman–Crippen MR) is 89.0 cm³/mol. The average Bonchev–Trinajstić information content (AvgIpc) is 2.46. The standard InChI is InChI=1S/C15H15IN2O3/c1-12(13(2)19)17-18(20)10-8-14-4-6-15(7-5-14)21-11-3-9-16/h4-8,10,12H,11H2,1-2H3/b10-8+,18-17?. The highest BCUT2D eigenvalue weighted by atomic mass is 127. The fourth-order valence-electron chi connectivity index (χ4n) is 1.26. The monoisotopic (exact) mass is 398 g/mol. The first-order valence-electron chi connectivity index (χ1n) is 6.20. The average molecular weight is 398 g/mol. The molecule has 110 valence electrons. The maximum Gasteiger partial charge on any atom is 0.210 e. The molecular weight excluding hydrogens is 383 g/mol. The molecule has 1 atom stereocenters. The van der Waals surface area contributed by atoms with E-state index in [0.717, 1.165) is 5.56 Å². The molecule has 21 heavy (non-hydrogen) atoms. The molecule has 0 amide bonds. The highest BCUT2D eigenvalue weighted by Crippen LogP contribution is 2.13. The van der Waals surface area contributed by atoms with Crippen LogP contribution in [0.25, 0.3) is 6.08 Å². The summed E-state index contributed by atoms with van der Waals surface area (Å²) in [5.74, 6) is 3.35. The second kappa shape index (κ2) is 9.13. The number of halogens is 1. The van der Waals surface area contributed by atoms with Crippen molar-refractivity contribution < 1.29 is 14.4 Å². The van der Waals surface area contributed by atoms with Crippen LogP contribution in [0.1, 0.15) is 19.4 Å². The number of hydrogen-bond donors (Lipinski definition) is 0. The van der Waals surface area contributed by atoms with Gasteiger partial charge in [0.2, 0.25) is 6.20 Å². The molecule has 0 aliphatic heterocycles. The molecule has 0 bridgehead atoms. The Bertz CT molecular complexity index is 598. The van der Waals surface area contributed by atoms with Crippen LogP contribution in [-0.4, -0.2) is 23.3 Å². The fourth-order valence-corrected chi connectivity index (χ4v) is 1.42. The molecule has 0 spiro atoms. The van der Waals surface area contributed by atoms with Crippen molar-refractivity contribution in [3.8, 4) is 15.6 Å². The Labute approximate surface area is 137 Å². The normalized spacial score (nSPS) is 12.6. The number of hydrogen-bond acceptors (Lipinski definition) is 4. The molecule has 0 saturated heterocycles. The number of Topliss-reactive ketones (excluding diaryl/α,β-unsaturated/α-hetero) is 1. The van der Waals surface area contributed by atoms with Gasteiger partial charge in [0.1, 0.15) is 12.4 Å². The van der Waals surface area contributed by atoms with Gasteiger partial charge in [0, 0.05) is 28.7 Å². The summed E-state index contributed by atoms with van der Waals surface area (Å²) < 4.78 is 8.09. The van der Waals surface area contributed by atoms with Gasteiger partial charge in [-0.3, -0.25) is 4.79 Å². The zero-order valence-corrected chi connectivity index (χ0v) is 13.9. The zero-order valence-electron chi connectivity index (χ0n) is 11.7. The lowest BCUT2D eigenvalue weighted by molar-refractivity contribution is -0.459. The third-order valence-corrected chi connectivity index (χ3v) is 2.91. The number of ether oxygens (including phenoxy) is 1. The van der Waals surface area contributed by atoms with Gasteiger partial charge in [-0.15, -0.1) is 0 Å². The lowest BCUT2D eigenvalue weighted by Gasteiger charge is -2.01. The molecule has 0 radical (unpaired) electrons. The van der Waals surface area contributed by atoms with E-state index in [9.17, 15) is 10.0 Å². The predicted octanol–water partition coefficient (Wildman–Crippen LogP) is 3.37. The van der Waals surface area contributed by atoms with E-state index in [-0.39, 0.29) is 5.78 Å². The van der Waals surface area contributed by atoms with Crippen LogP contribution in [0.15, 0.2) is 35.6 Å². The first-order chi connectivity index (χ1) is 10.0. The van der Waals surface area contributed by atoms with E-state index < -0.39 is 6.04 Å². The van der Waals surface area contributed by atoms with Crippen LogP contribution >= 0.6 is 22.6 Å². The van der Waals surface area contributed by atoms with Crippen LogP contribution in [0.4, 0.5) is 0 Å². The van der Waals surface area contributed by atoms with Crippen molar-refractivity contribution in [3.05, 3.63) is 41.2 Å². The Hall–Kier alpha value is -1.88. The highest BCUT2D eigenvalue weighted by Gasteiger charge is 2.08. The Kier molecular flexibility index (Phi) is 7.46. The topological polar surface area (TPSA) is 64.7 Å². The second-order valence-electron chi connectivity index (χ2n) is 4.15. The molecule has 1 rings (SSSR count). The van der Waals surface area contributed by atoms with E-state index in [4.69, 9.17) is 4.74 Å². The third-order valence-electron chi connectivity index (χ3n) is 2.53. The van der Waals surface area contributed by atoms with E-state index in [0.29, 0.717) is 17.2 Å². The molecule has 0 aliphatic carbocycles. The largest absolute Gasteiger partial charge is 0.595 e. The van der Waals surface area contributed by atoms with Crippen LogP contribution < -0.4 is 4.74 Å². The molecule has 5 nitrogen and oxygen atoms in total. The Morgan fingerprint density at radius 3 is 2.76 bits per heavy atom. The van der Waals surface area contributed by atoms with Crippen LogP contribution in [-0.2, 0) is 4.79 Å². The summed E-state index contributed by atoms with van der Waals surface area (Å²) in [6.07, 6.45) is 2.87. The SMILES string of the molecule is CC(=O)C(C)N=[N+]([O-])/C=C/c1ccc(OCC#CI)cc1.